The van der Waals surface area contributed by atoms with Gasteiger partial charge in [0.2, 0.25) is 0 Å². The van der Waals surface area contributed by atoms with E-state index in [2.05, 4.69) is 12.7 Å². The molecule has 0 aliphatic rings. The molecule has 0 aromatic carbocycles. The van der Waals surface area contributed by atoms with Gasteiger partial charge in [-0.15, -0.1) is 0 Å². The third kappa shape index (κ3) is 10.8. The highest BCUT2D eigenvalue weighted by Crippen LogP contribution is 2.07. The van der Waals surface area contributed by atoms with Crippen molar-refractivity contribution >= 4 is 5.97 Å². The first-order valence-corrected chi connectivity index (χ1v) is 5.78. The summed E-state index contributed by atoms with van der Waals surface area (Å²) in [5, 5.41) is 0. The molecule has 0 aromatic rings. The standard InChI is InChI=1S/C14H22O2/c1-4-5-6-7-8-9-10-11-12-13(2)16-14(3)15/h4-8,13H,1,9-12H2,2-3H3. The Hall–Kier alpha value is -1.31. The highest BCUT2D eigenvalue weighted by atomic mass is 16.5. The van der Waals surface area contributed by atoms with Crippen LogP contribution in [0.2, 0.25) is 0 Å². The fourth-order valence-electron chi connectivity index (χ4n) is 1.35. The Morgan fingerprint density at radius 2 is 2.06 bits per heavy atom. The van der Waals surface area contributed by atoms with Crippen LogP contribution in [0.3, 0.4) is 0 Å². The van der Waals surface area contributed by atoms with E-state index in [1.165, 1.54) is 6.92 Å². The third-order valence-electron chi connectivity index (χ3n) is 2.09. The molecule has 0 bridgehead atoms. The largest absolute Gasteiger partial charge is 0.463 e. The summed E-state index contributed by atoms with van der Waals surface area (Å²) < 4.78 is 5.03. The van der Waals surface area contributed by atoms with E-state index in [1.54, 1.807) is 6.08 Å². The van der Waals surface area contributed by atoms with E-state index in [0.29, 0.717) is 0 Å². The van der Waals surface area contributed by atoms with Crippen molar-refractivity contribution in [3.05, 3.63) is 37.0 Å². The number of ether oxygens (including phenoxy) is 1. The number of unbranched alkanes of at least 4 members (excludes halogenated alkanes) is 2. The van der Waals surface area contributed by atoms with Crippen molar-refractivity contribution in [2.45, 2.75) is 45.6 Å². The third-order valence-corrected chi connectivity index (χ3v) is 2.09. The van der Waals surface area contributed by atoms with Gasteiger partial charge >= 0.3 is 5.97 Å². The molecule has 0 aromatic heterocycles. The minimum Gasteiger partial charge on any atom is -0.463 e. The van der Waals surface area contributed by atoms with Crippen LogP contribution in [-0.2, 0) is 9.53 Å². The van der Waals surface area contributed by atoms with Gasteiger partial charge in [0.05, 0.1) is 6.10 Å². The van der Waals surface area contributed by atoms with Crippen LogP contribution in [0, 0.1) is 0 Å². The molecular formula is C14H22O2. The van der Waals surface area contributed by atoms with Gasteiger partial charge in [0.25, 0.3) is 0 Å². The SMILES string of the molecule is C=CC=CC=CCCCCC(C)OC(C)=O. The lowest BCUT2D eigenvalue weighted by molar-refractivity contribution is -0.145. The van der Waals surface area contributed by atoms with Crippen LogP contribution in [0.15, 0.2) is 37.0 Å². The maximum atomic E-state index is 10.6. The summed E-state index contributed by atoms with van der Waals surface area (Å²) in [6.45, 7) is 6.97. The van der Waals surface area contributed by atoms with Crippen LogP contribution < -0.4 is 0 Å². The van der Waals surface area contributed by atoms with E-state index < -0.39 is 0 Å². The predicted molar refractivity (Wildman–Crippen MR) is 68.2 cm³/mol. The van der Waals surface area contributed by atoms with Gasteiger partial charge < -0.3 is 4.74 Å². The maximum Gasteiger partial charge on any atom is 0.302 e. The first-order chi connectivity index (χ1) is 7.66. The van der Waals surface area contributed by atoms with E-state index in [0.717, 1.165) is 25.7 Å². The van der Waals surface area contributed by atoms with Crippen LogP contribution in [0.5, 0.6) is 0 Å². The van der Waals surface area contributed by atoms with Crippen molar-refractivity contribution in [3.63, 3.8) is 0 Å². The lowest BCUT2D eigenvalue weighted by Gasteiger charge is -2.10. The van der Waals surface area contributed by atoms with Crippen LogP contribution in [0.25, 0.3) is 0 Å². The van der Waals surface area contributed by atoms with E-state index in [9.17, 15) is 4.79 Å². The van der Waals surface area contributed by atoms with E-state index in [1.807, 2.05) is 25.2 Å². The van der Waals surface area contributed by atoms with Gasteiger partial charge in [0.15, 0.2) is 0 Å². The highest BCUT2D eigenvalue weighted by Gasteiger charge is 2.03. The number of allylic oxidation sites excluding steroid dienone is 5. The number of carbonyl (C=O) groups is 1. The lowest BCUT2D eigenvalue weighted by Crippen LogP contribution is -2.11. The van der Waals surface area contributed by atoms with Crippen molar-refractivity contribution in [3.8, 4) is 0 Å². The number of esters is 1. The molecule has 1 unspecified atom stereocenters. The zero-order valence-electron chi connectivity index (χ0n) is 10.3. The molecule has 0 saturated carbocycles. The Morgan fingerprint density at radius 1 is 1.31 bits per heavy atom. The summed E-state index contributed by atoms with van der Waals surface area (Å²) in [5.41, 5.74) is 0. The fraction of sp³-hybridized carbons (Fsp3) is 0.500. The molecule has 0 amide bonds. The first kappa shape index (κ1) is 14.7. The summed E-state index contributed by atoms with van der Waals surface area (Å²) in [7, 11) is 0. The van der Waals surface area contributed by atoms with Crippen molar-refractivity contribution in [2.24, 2.45) is 0 Å². The summed E-state index contributed by atoms with van der Waals surface area (Å²) >= 11 is 0. The molecule has 0 spiro atoms. The van der Waals surface area contributed by atoms with Crippen LogP contribution in [-0.4, -0.2) is 12.1 Å². The van der Waals surface area contributed by atoms with Crippen LogP contribution in [0.4, 0.5) is 0 Å². The lowest BCUT2D eigenvalue weighted by atomic mass is 10.1. The van der Waals surface area contributed by atoms with Gasteiger partial charge in [0.1, 0.15) is 0 Å². The molecule has 0 heterocycles. The summed E-state index contributed by atoms with van der Waals surface area (Å²) in [6, 6.07) is 0. The Labute approximate surface area is 98.7 Å². The van der Waals surface area contributed by atoms with E-state index >= 15 is 0 Å². The molecular weight excluding hydrogens is 200 g/mol. The molecule has 16 heavy (non-hydrogen) atoms. The molecule has 0 aliphatic carbocycles. The average Bonchev–Trinajstić information content (AvgIpc) is 2.21. The smallest absolute Gasteiger partial charge is 0.302 e. The molecule has 0 N–H and O–H groups in total. The molecule has 2 heteroatoms. The second kappa shape index (κ2) is 10.2. The first-order valence-electron chi connectivity index (χ1n) is 5.78. The molecule has 90 valence electrons. The van der Waals surface area contributed by atoms with Crippen LogP contribution in [0.1, 0.15) is 39.5 Å². The summed E-state index contributed by atoms with van der Waals surface area (Å²) in [6.07, 6.45) is 14.0. The van der Waals surface area contributed by atoms with Gasteiger partial charge in [-0.3, -0.25) is 4.79 Å². The van der Waals surface area contributed by atoms with Crippen LogP contribution >= 0.6 is 0 Å². The molecule has 0 radical (unpaired) electrons. The average molecular weight is 222 g/mol. The Bertz CT molecular complexity index is 251. The van der Waals surface area contributed by atoms with Gasteiger partial charge in [0, 0.05) is 6.92 Å². The molecule has 0 aliphatic heterocycles. The fourth-order valence-corrected chi connectivity index (χ4v) is 1.35. The normalized spacial score (nSPS) is 13.1. The van der Waals surface area contributed by atoms with Crippen molar-refractivity contribution in [1.82, 2.24) is 0 Å². The summed E-state index contributed by atoms with van der Waals surface area (Å²) in [5.74, 6) is -0.193. The maximum absolute atomic E-state index is 10.6. The Balaban J connectivity index is 3.39. The summed E-state index contributed by atoms with van der Waals surface area (Å²) in [4.78, 5) is 10.6. The molecule has 2 nitrogen and oxygen atoms in total. The van der Waals surface area contributed by atoms with Crippen molar-refractivity contribution in [2.75, 3.05) is 0 Å². The number of hydrogen-bond donors (Lipinski definition) is 0. The molecule has 0 saturated heterocycles. The topological polar surface area (TPSA) is 26.3 Å². The zero-order chi connectivity index (χ0) is 12.2. The van der Waals surface area contributed by atoms with Gasteiger partial charge in [-0.2, -0.15) is 0 Å². The molecule has 0 fully saturated rings. The second-order valence-electron chi connectivity index (χ2n) is 3.75. The Kier molecular flexibility index (Phi) is 9.38. The monoisotopic (exact) mass is 222 g/mol. The zero-order valence-corrected chi connectivity index (χ0v) is 10.3. The van der Waals surface area contributed by atoms with Gasteiger partial charge in [-0.25, -0.2) is 0 Å². The van der Waals surface area contributed by atoms with Gasteiger partial charge in [-0.05, 0) is 32.6 Å². The minimum absolute atomic E-state index is 0.0436. The number of carbonyl (C=O) groups excluding carboxylic acids is 1. The van der Waals surface area contributed by atoms with Crippen molar-refractivity contribution < 1.29 is 9.53 Å². The number of hydrogen-bond acceptors (Lipinski definition) is 2. The molecule has 1 atom stereocenters. The highest BCUT2D eigenvalue weighted by molar-refractivity contribution is 5.66. The van der Waals surface area contributed by atoms with E-state index in [-0.39, 0.29) is 12.1 Å². The second-order valence-corrected chi connectivity index (χ2v) is 3.75. The van der Waals surface area contributed by atoms with E-state index in [4.69, 9.17) is 4.74 Å². The van der Waals surface area contributed by atoms with Crippen molar-refractivity contribution in [1.29, 1.82) is 0 Å². The number of rotatable bonds is 8. The molecule has 0 rings (SSSR count). The predicted octanol–water partition coefficient (Wildman–Crippen LogP) is 3.80. The minimum atomic E-state index is -0.193. The Morgan fingerprint density at radius 3 is 2.69 bits per heavy atom. The van der Waals surface area contributed by atoms with Gasteiger partial charge in [-0.1, -0.05) is 37.0 Å². The quantitative estimate of drug-likeness (QED) is 0.355.